The van der Waals surface area contributed by atoms with Gasteiger partial charge in [-0.2, -0.15) is 0 Å². The SMILES string of the molecule is CCNc1cncc(N(C)CCO)n1. The maximum atomic E-state index is 8.77. The minimum atomic E-state index is 0.115. The van der Waals surface area contributed by atoms with E-state index in [2.05, 4.69) is 15.3 Å². The normalized spacial score (nSPS) is 9.93. The first-order chi connectivity index (χ1) is 6.77. The lowest BCUT2D eigenvalue weighted by Gasteiger charge is -2.16. The van der Waals surface area contributed by atoms with Crippen LogP contribution >= 0.6 is 0 Å². The summed E-state index contributed by atoms with van der Waals surface area (Å²) >= 11 is 0. The Morgan fingerprint density at radius 2 is 2.29 bits per heavy atom. The molecular formula is C9H16N4O. The number of nitrogens with one attached hydrogen (secondary N) is 1. The third-order valence-electron chi connectivity index (χ3n) is 1.81. The highest BCUT2D eigenvalue weighted by atomic mass is 16.3. The van der Waals surface area contributed by atoms with E-state index >= 15 is 0 Å². The Kier molecular flexibility index (Phi) is 4.12. The zero-order chi connectivity index (χ0) is 10.4. The van der Waals surface area contributed by atoms with Crippen LogP contribution in [0.1, 0.15) is 6.92 Å². The molecule has 5 heteroatoms. The highest BCUT2D eigenvalue weighted by Crippen LogP contribution is 2.09. The lowest BCUT2D eigenvalue weighted by atomic mass is 10.5. The van der Waals surface area contributed by atoms with E-state index in [1.165, 1.54) is 0 Å². The number of rotatable bonds is 5. The van der Waals surface area contributed by atoms with Gasteiger partial charge in [-0.05, 0) is 6.92 Å². The zero-order valence-electron chi connectivity index (χ0n) is 8.56. The molecule has 0 unspecified atom stereocenters. The van der Waals surface area contributed by atoms with E-state index in [0.717, 1.165) is 18.2 Å². The van der Waals surface area contributed by atoms with Crippen LogP contribution in [0.4, 0.5) is 11.6 Å². The van der Waals surface area contributed by atoms with Gasteiger partial charge in [0.25, 0.3) is 0 Å². The smallest absolute Gasteiger partial charge is 0.149 e. The molecule has 0 amide bonds. The van der Waals surface area contributed by atoms with Crippen LogP contribution in [0.3, 0.4) is 0 Å². The molecule has 78 valence electrons. The topological polar surface area (TPSA) is 61.3 Å². The van der Waals surface area contributed by atoms with Crippen molar-refractivity contribution in [1.29, 1.82) is 0 Å². The summed E-state index contributed by atoms with van der Waals surface area (Å²) in [5, 5.41) is 11.8. The molecule has 0 bridgehead atoms. The van der Waals surface area contributed by atoms with E-state index in [4.69, 9.17) is 5.11 Å². The maximum absolute atomic E-state index is 8.77. The van der Waals surface area contributed by atoms with Gasteiger partial charge >= 0.3 is 0 Å². The Labute approximate surface area is 83.8 Å². The van der Waals surface area contributed by atoms with Crippen molar-refractivity contribution in [3.63, 3.8) is 0 Å². The summed E-state index contributed by atoms with van der Waals surface area (Å²) in [5.74, 6) is 1.52. The van der Waals surface area contributed by atoms with Gasteiger partial charge < -0.3 is 15.3 Å². The number of anilines is 2. The summed E-state index contributed by atoms with van der Waals surface area (Å²) < 4.78 is 0. The minimum Gasteiger partial charge on any atom is -0.395 e. The average molecular weight is 196 g/mol. The van der Waals surface area contributed by atoms with E-state index < -0.39 is 0 Å². The van der Waals surface area contributed by atoms with Crippen molar-refractivity contribution in [2.45, 2.75) is 6.92 Å². The van der Waals surface area contributed by atoms with Crippen LogP contribution in [0, 0.1) is 0 Å². The van der Waals surface area contributed by atoms with E-state index in [1.807, 2.05) is 18.9 Å². The van der Waals surface area contributed by atoms with Gasteiger partial charge in [-0.15, -0.1) is 0 Å². The largest absolute Gasteiger partial charge is 0.395 e. The fourth-order valence-electron chi connectivity index (χ4n) is 1.07. The first kappa shape index (κ1) is 10.7. The van der Waals surface area contributed by atoms with Crippen LogP contribution in [0.25, 0.3) is 0 Å². The molecule has 0 atom stereocenters. The second-order valence-corrected chi connectivity index (χ2v) is 2.94. The summed E-state index contributed by atoms with van der Waals surface area (Å²) in [4.78, 5) is 10.2. The van der Waals surface area contributed by atoms with Crippen molar-refractivity contribution in [2.75, 3.05) is 37.0 Å². The highest BCUT2D eigenvalue weighted by molar-refractivity contribution is 5.42. The van der Waals surface area contributed by atoms with Gasteiger partial charge in [-0.1, -0.05) is 0 Å². The number of hydrogen-bond donors (Lipinski definition) is 2. The molecule has 1 heterocycles. The van der Waals surface area contributed by atoms with Gasteiger partial charge in [0.05, 0.1) is 19.0 Å². The van der Waals surface area contributed by atoms with Crippen LogP contribution in [-0.4, -0.2) is 41.8 Å². The Morgan fingerprint density at radius 3 is 2.93 bits per heavy atom. The fourth-order valence-corrected chi connectivity index (χ4v) is 1.07. The summed E-state index contributed by atoms with van der Waals surface area (Å²) in [6.45, 7) is 3.50. The monoisotopic (exact) mass is 196 g/mol. The van der Waals surface area contributed by atoms with Crippen LogP contribution in [-0.2, 0) is 0 Å². The first-order valence-corrected chi connectivity index (χ1v) is 4.65. The van der Waals surface area contributed by atoms with E-state index in [1.54, 1.807) is 12.4 Å². The van der Waals surface area contributed by atoms with Gasteiger partial charge in [0.15, 0.2) is 0 Å². The van der Waals surface area contributed by atoms with Gasteiger partial charge in [0.2, 0.25) is 0 Å². The highest BCUT2D eigenvalue weighted by Gasteiger charge is 2.02. The van der Waals surface area contributed by atoms with Crippen LogP contribution < -0.4 is 10.2 Å². The molecule has 0 radical (unpaired) electrons. The molecule has 2 N–H and O–H groups in total. The van der Waals surface area contributed by atoms with Crippen molar-refractivity contribution < 1.29 is 5.11 Å². The quantitative estimate of drug-likeness (QED) is 0.711. The Morgan fingerprint density at radius 1 is 1.50 bits per heavy atom. The van der Waals surface area contributed by atoms with Crippen molar-refractivity contribution in [3.05, 3.63) is 12.4 Å². The molecule has 14 heavy (non-hydrogen) atoms. The molecular weight excluding hydrogens is 180 g/mol. The first-order valence-electron chi connectivity index (χ1n) is 4.65. The Bertz CT molecular complexity index is 279. The Balaban J connectivity index is 2.71. The van der Waals surface area contributed by atoms with Crippen LogP contribution in [0.2, 0.25) is 0 Å². The zero-order valence-corrected chi connectivity index (χ0v) is 8.56. The molecule has 0 aromatic carbocycles. The van der Waals surface area contributed by atoms with Gasteiger partial charge in [0.1, 0.15) is 11.6 Å². The van der Waals surface area contributed by atoms with Gasteiger partial charge in [-0.3, -0.25) is 4.98 Å². The summed E-state index contributed by atoms with van der Waals surface area (Å²) in [6.07, 6.45) is 3.36. The van der Waals surface area contributed by atoms with Crippen molar-refractivity contribution in [2.24, 2.45) is 0 Å². The standard InChI is InChI=1S/C9H16N4O/c1-3-11-8-6-10-7-9(12-8)13(2)4-5-14/h6-7,14H,3-5H2,1-2H3,(H,11,12). The van der Waals surface area contributed by atoms with Crippen molar-refractivity contribution in [3.8, 4) is 0 Å². The Hall–Kier alpha value is -1.36. The number of likely N-dealkylation sites (N-methyl/N-ethyl adjacent to an activating group) is 1. The molecule has 5 nitrogen and oxygen atoms in total. The van der Waals surface area contributed by atoms with E-state index in [0.29, 0.717) is 6.54 Å². The second kappa shape index (κ2) is 5.39. The third kappa shape index (κ3) is 2.85. The molecule has 0 aliphatic heterocycles. The molecule has 0 saturated heterocycles. The predicted octanol–water partition coefficient (Wildman–Crippen LogP) is 0.337. The van der Waals surface area contributed by atoms with Crippen molar-refractivity contribution in [1.82, 2.24) is 9.97 Å². The molecule has 0 aliphatic rings. The summed E-state index contributed by atoms with van der Waals surface area (Å²) in [5.41, 5.74) is 0. The second-order valence-electron chi connectivity index (χ2n) is 2.94. The number of aliphatic hydroxyl groups is 1. The summed E-state index contributed by atoms with van der Waals surface area (Å²) in [6, 6.07) is 0. The fraction of sp³-hybridized carbons (Fsp3) is 0.556. The average Bonchev–Trinajstić information content (AvgIpc) is 2.19. The molecule has 0 spiro atoms. The number of hydrogen-bond acceptors (Lipinski definition) is 5. The van der Waals surface area contributed by atoms with Crippen LogP contribution in [0.5, 0.6) is 0 Å². The molecule has 0 aliphatic carbocycles. The van der Waals surface area contributed by atoms with Crippen LogP contribution in [0.15, 0.2) is 12.4 Å². The van der Waals surface area contributed by atoms with Gasteiger partial charge in [0, 0.05) is 20.1 Å². The van der Waals surface area contributed by atoms with E-state index in [-0.39, 0.29) is 6.61 Å². The molecule has 0 fully saturated rings. The molecule has 1 rings (SSSR count). The molecule has 0 saturated carbocycles. The number of aliphatic hydroxyl groups excluding tert-OH is 1. The molecule has 1 aromatic rings. The number of nitrogens with zero attached hydrogens (tertiary/aromatic N) is 3. The van der Waals surface area contributed by atoms with Crippen molar-refractivity contribution >= 4 is 11.6 Å². The van der Waals surface area contributed by atoms with E-state index in [9.17, 15) is 0 Å². The predicted molar refractivity (Wildman–Crippen MR) is 56.6 cm³/mol. The third-order valence-corrected chi connectivity index (χ3v) is 1.81. The molecule has 1 aromatic heterocycles. The summed E-state index contributed by atoms with van der Waals surface area (Å²) in [7, 11) is 1.87. The lowest BCUT2D eigenvalue weighted by Crippen LogP contribution is -2.22. The number of aromatic nitrogens is 2. The minimum absolute atomic E-state index is 0.115. The maximum Gasteiger partial charge on any atom is 0.149 e. The lowest BCUT2D eigenvalue weighted by molar-refractivity contribution is 0.304. The van der Waals surface area contributed by atoms with Gasteiger partial charge in [-0.25, -0.2) is 4.98 Å².